The van der Waals surface area contributed by atoms with Gasteiger partial charge in [0.2, 0.25) is 9.05 Å². The first-order valence-electron chi connectivity index (χ1n) is 16.0. The second kappa shape index (κ2) is 16.5. The molecule has 0 aliphatic carbocycles. The molecule has 0 saturated carbocycles. The van der Waals surface area contributed by atoms with Crippen LogP contribution in [0.1, 0.15) is 106 Å². The molecule has 0 aromatic carbocycles. The number of rotatable bonds is 16. The Bertz CT molecular complexity index is 1210. The topological polar surface area (TPSA) is 105 Å². The van der Waals surface area contributed by atoms with Gasteiger partial charge in [-0.25, -0.2) is 23.4 Å². The Balaban J connectivity index is 0.000000261. The summed E-state index contributed by atoms with van der Waals surface area (Å²) in [5.41, 5.74) is 0.937. The van der Waals surface area contributed by atoms with Crippen molar-refractivity contribution < 1.29 is 27.1 Å². The number of unbranched alkanes of at least 4 members (excludes halogenated alkanes) is 4. The lowest BCUT2D eigenvalue weighted by Crippen LogP contribution is -2.50. The highest BCUT2D eigenvalue weighted by atomic mass is 35.7. The minimum atomic E-state index is -3.64. The van der Waals surface area contributed by atoms with Crippen molar-refractivity contribution in [2.75, 3.05) is 31.9 Å². The second-order valence-electron chi connectivity index (χ2n) is 12.3. The molecule has 246 valence electrons. The van der Waals surface area contributed by atoms with Gasteiger partial charge in [0, 0.05) is 10.7 Å². The Hall–Kier alpha value is -1.08. The quantitative estimate of drug-likeness (QED) is 0.109. The monoisotopic (exact) mass is 664 g/mol. The van der Waals surface area contributed by atoms with Crippen molar-refractivity contribution in [1.29, 1.82) is 0 Å². The van der Waals surface area contributed by atoms with Gasteiger partial charge in [-0.3, -0.25) is 4.57 Å². The van der Waals surface area contributed by atoms with Crippen molar-refractivity contribution >= 4 is 42.5 Å². The summed E-state index contributed by atoms with van der Waals surface area (Å²) in [5, 5.41) is 0.233. The fourth-order valence-electron chi connectivity index (χ4n) is 6.03. The van der Waals surface area contributed by atoms with E-state index < -0.39 is 39.4 Å². The standard InChI is InChI=1S/C16H36N.C14H16Cl2N4O5S/c1-5-9-13-17(14-10-6-2,15-11-7-3)16-12-8-4;1-14(2)24-9-7(3-4-26(16,21)22)23-13(10(9)25-14)20-6-19-8-11(15)17-5-18-12(8)20/h5-16H2,1-4H3;5-7,9-10,13H,3-4H2,1-2H3/q+1;/t;7-,9-,10-,13-/m.1/s1. The molecule has 10 nitrogen and oxygen atoms in total. The van der Waals surface area contributed by atoms with Crippen molar-refractivity contribution in [3.05, 3.63) is 17.8 Å². The molecule has 2 aliphatic heterocycles. The molecule has 0 spiro atoms. The molecule has 0 bridgehead atoms. The van der Waals surface area contributed by atoms with Gasteiger partial charge in [-0.15, -0.1) is 0 Å². The third-order valence-corrected chi connectivity index (χ3v) is 9.77. The molecule has 2 aromatic heterocycles. The predicted molar refractivity (Wildman–Crippen MR) is 172 cm³/mol. The number of ether oxygens (including phenoxy) is 3. The van der Waals surface area contributed by atoms with E-state index in [-0.39, 0.29) is 17.3 Å². The highest BCUT2D eigenvalue weighted by Crippen LogP contribution is 2.44. The van der Waals surface area contributed by atoms with E-state index in [0.29, 0.717) is 11.2 Å². The van der Waals surface area contributed by atoms with E-state index >= 15 is 0 Å². The Morgan fingerprint density at radius 1 is 0.884 bits per heavy atom. The van der Waals surface area contributed by atoms with Crippen LogP contribution in [0.5, 0.6) is 0 Å². The normalized spacial score (nSPS) is 23.3. The van der Waals surface area contributed by atoms with E-state index in [1.54, 1.807) is 24.7 Å². The number of nitrogens with zero attached hydrogens (tertiary/aromatic N) is 5. The summed E-state index contributed by atoms with van der Waals surface area (Å²) in [4.78, 5) is 12.4. The molecule has 4 rings (SSSR count). The van der Waals surface area contributed by atoms with Crippen LogP contribution in [0.15, 0.2) is 12.7 Å². The summed E-state index contributed by atoms with van der Waals surface area (Å²) in [6, 6.07) is 0. The minimum Gasteiger partial charge on any atom is -0.349 e. The van der Waals surface area contributed by atoms with Crippen LogP contribution < -0.4 is 0 Å². The first kappa shape index (κ1) is 36.4. The van der Waals surface area contributed by atoms with Crippen molar-refractivity contribution in [1.82, 2.24) is 19.5 Å². The van der Waals surface area contributed by atoms with Crippen LogP contribution in [0.25, 0.3) is 11.2 Å². The summed E-state index contributed by atoms with van der Waals surface area (Å²) >= 11 is 6.06. The summed E-state index contributed by atoms with van der Waals surface area (Å²) in [7, 11) is 1.70. The number of hydrogen-bond acceptors (Lipinski definition) is 8. The molecular formula is C30H52Cl2N5O5S+. The molecule has 2 aliphatic rings. The number of fused-ring (bicyclic) bond motifs is 2. The molecule has 0 N–H and O–H groups in total. The van der Waals surface area contributed by atoms with Crippen molar-refractivity contribution in [3.63, 3.8) is 0 Å². The maximum Gasteiger partial charge on any atom is 0.232 e. The van der Waals surface area contributed by atoms with Gasteiger partial charge in [0.1, 0.15) is 24.1 Å². The lowest BCUT2D eigenvalue weighted by atomic mass is 10.1. The van der Waals surface area contributed by atoms with Gasteiger partial charge in [0.15, 0.2) is 22.8 Å². The second-order valence-corrected chi connectivity index (χ2v) is 15.6. The SMILES string of the molecule is CC1(C)O[C@@H]2[C@H](O1)[C@@H](CCS(=O)(=O)Cl)O[C@H]2n1cnc2c(Cl)ncnc21.CCCC[N+](CCCC)(CCCC)CCCC. The molecule has 2 aromatic rings. The van der Waals surface area contributed by atoms with Crippen LogP contribution in [0.2, 0.25) is 5.15 Å². The molecule has 2 saturated heterocycles. The van der Waals surface area contributed by atoms with E-state index in [9.17, 15) is 8.42 Å². The zero-order valence-electron chi connectivity index (χ0n) is 26.8. The molecule has 2 fully saturated rings. The molecule has 0 radical (unpaired) electrons. The third-order valence-electron chi connectivity index (χ3n) is 8.30. The van der Waals surface area contributed by atoms with Crippen LogP contribution in [0.4, 0.5) is 0 Å². The summed E-state index contributed by atoms with van der Waals surface area (Å²) in [6.45, 7) is 18.6. The third kappa shape index (κ3) is 10.2. The van der Waals surface area contributed by atoms with E-state index in [0.717, 1.165) is 0 Å². The van der Waals surface area contributed by atoms with Crippen molar-refractivity contribution in [2.24, 2.45) is 0 Å². The number of aromatic nitrogens is 4. The van der Waals surface area contributed by atoms with Crippen LogP contribution in [0.3, 0.4) is 0 Å². The van der Waals surface area contributed by atoms with E-state index in [2.05, 4.69) is 42.6 Å². The number of halogens is 2. The summed E-state index contributed by atoms with van der Waals surface area (Å²) < 4.78 is 43.7. The summed E-state index contributed by atoms with van der Waals surface area (Å²) in [6.07, 6.45) is 12.1. The highest BCUT2D eigenvalue weighted by molar-refractivity contribution is 8.13. The number of quaternary nitrogens is 1. The lowest BCUT2D eigenvalue weighted by Gasteiger charge is -2.39. The molecule has 0 amide bonds. The first-order chi connectivity index (χ1) is 20.4. The molecular weight excluding hydrogens is 613 g/mol. The summed E-state index contributed by atoms with van der Waals surface area (Å²) in [5.74, 6) is -1.05. The smallest absolute Gasteiger partial charge is 0.232 e. The average molecular weight is 666 g/mol. The average Bonchev–Trinajstić information content (AvgIpc) is 3.62. The van der Waals surface area contributed by atoms with Gasteiger partial charge in [0.05, 0.1) is 44.4 Å². The van der Waals surface area contributed by atoms with Gasteiger partial charge in [-0.2, -0.15) is 0 Å². The number of imidazole rings is 1. The maximum absolute atomic E-state index is 11.3. The van der Waals surface area contributed by atoms with Gasteiger partial charge >= 0.3 is 0 Å². The van der Waals surface area contributed by atoms with Gasteiger partial charge in [0.25, 0.3) is 0 Å². The first-order valence-corrected chi connectivity index (χ1v) is 18.9. The fraction of sp³-hybridized carbons (Fsp3) is 0.833. The predicted octanol–water partition coefficient (Wildman–Crippen LogP) is 6.86. The maximum atomic E-state index is 11.3. The van der Waals surface area contributed by atoms with E-state index in [4.69, 9.17) is 36.5 Å². The van der Waals surface area contributed by atoms with Crippen LogP contribution in [-0.2, 0) is 23.3 Å². The molecule has 4 heterocycles. The largest absolute Gasteiger partial charge is 0.349 e. The van der Waals surface area contributed by atoms with Crippen molar-refractivity contribution in [3.8, 4) is 0 Å². The Morgan fingerprint density at radius 2 is 1.42 bits per heavy atom. The molecule has 0 unspecified atom stereocenters. The van der Waals surface area contributed by atoms with Crippen LogP contribution in [0, 0.1) is 0 Å². The Morgan fingerprint density at radius 3 is 1.93 bits per heavy atom. The molecule has 4 atom stereocenters. The van der Waals surface area contributed by atoms with Gasteiger partial charge < -0.3 is 18.7 Å². The fourth-order valence-corrected chi connectivity index (χ4v) is 6.98. The van der Waals surface area contributed by atoms with Crippen molar-refractivity contribution in [2.45, 2.75) is 130 Å². The van der Waals surface area contributed by atoms with Gasteiger partial charge in [-0.1, -0.05) is 65.0 Å². The zero-order valence-corrected chi connectivity index (χ0v) is 29.1. The zero-order chi connectivity index (χ0) is 31.7. The lowest BCUT2D eigenvalue weighted by molar-refractivity contribution is -0.929. The minimum absolute atomic E-state index is 0.186. The van der Waals surface area contributed by atoms with Gasteiger partial charge in [-0.05, 0) is 46.0 Å². The van der Waals surface area contributed by atoms with Crippen LogP contribution >= 0.6 is 22.3 Å². The highest BCUT2D eigenvalue weighted by Gasteiger charge is 2.56. The molecule has 13 heteroatoms. The van der Waals surface area contributed by atoms with E-state index in [1.807, 2.05) is 0 Å². The van der Waals surface area contributed by atoms with Crippen LogP contribution in [-0.4, -0.2) is 88.5 Å². The number of hydrogen-bond donors (Lipinski definition) is 0. The molecule has 43 heavy (non-hydrogen) atoms. The Kier molecular flexibility index (Phi) is 13.9. The van der Waals surface area contributed by atoms with E-state index in [1.165, 1.54) is 88.4 Å². The Labute approximate surface area is 267 Å².